The van der Waals surface area contributed by atoms with E-state index in [1.54, 1.807) is 24.3 Å². The van der Waals surface area contributed by atoms with Crippen molar-refractivity contribution in [3.63, 3.8) is 0 Å². The molecule has 146 valence electrons. The molecule has 0 saturated carbocycles. The Balaban J connectivity index is 2.35. The van der Waals surface area contributed by atoms with Crippen LogP contribution in [0.1, 0.15) is 16.7 Å². The molecule has 1 N–H and O–H groups in total. The summed E-state index contributed by atoms with van der Waals surface area (Å²) < 4.78 is 27.9. The molecule has 0 radical (unpaired) electrons. The van der Waals surface area contributed by atoms with Gasteiger partial charge in [-0.05, 0) is 55.7 Å². The Morgan fingerprint density at radius 3 is 2.26 bits per heavy atom. The van der Waals surface area contributed by atoms with Gasteiger partial charge in [-0.1, -0.05) is 29.8 Å². The van der Waals surface area contributed by atoms with E-state index in [2.05, 4.69) is 5.32 Å². The number of rotatable bonds is 6. The van der Waals surface area contributed by atoms with E-state index in [-0.39, 0.29) is 6.54 Å². The van der Waals surface area contributed by atoms with Gasteiger partial charge in [-0.15, -0.1) is 0 Å². The van der Waals surface area contributed by atoms with Crippen LogP contribution in [0.3, 0.4) is 0 Å². The van der Waals surface area contributed by atoms with Gasteiger partial charge in [-0.3, -0.25) is 4.79 Å². The molecule has 0 aromatic heterocycles. The first-order valence-electron chi connectivity index (χ1n) is 8.36. The molecule has 0 unspecified atom stereocenters. The Labute approximate surface area is 165 Å². The summed E-state index contributed by atoms with van der Waals surface area (Å²) in [6, 6.07) is 10.6. The van der Waals surface area contributed by atoms with Gasteiger partial charge in [0.2, 0.25) is 5.91 Å². The number of halogens is 1. The van der Waals surface area contributed by atoms with Crippen LogP contribution < -0.4 is 9.62 Å². The molecule has 2 aromatic carbocycles. The lowest BCUT2D eigenvalue weighted by molar-refractivity contribution is -0.114. The van der Waals surface area contributed by atoms with Crippen molar-refractivity contribution in [1.82, 2.24) is 4.31 Å². The average molecular weight is 410 g/mol. The first-order valence-corrected chi connectivity index (χ1v) is 10.1. The summed E-state index contributed by atoms with van der Waals surface area (Å²) in [6.45, 7) is 5.19. The Morgan fingerprint density at radius 2 is 1.67 bits per heavy atom. The van der Waals surface area contributed by atoms with Crippen LogP contribution in [0.4, 0.5) is 11.4 Å². The number of amides is 1. The molecule has 0 heterocycles. The van der Waals surface area contributed by atoms with E-state index in [4.69, 9.17) is 11.6 Å². The van der Waals surface area contributed by atoms with Gasteiger partial charge in [0.15, 0.2) is 0 Å². The third-order valence-electron chi connectivity index (χ3n) is 4.12. The fourth-order valence-electron chi connectivity index (χ4n) is 2.48. The fourth-order valence-corrected chi connectivity index (χ4v) is 3.78. The number of benzene rings is 2. The third kappa shape index (κ3) is 5.00. The Morgan fingerprint density at radius 1 is 1.04 bits per heavy atom. The zero-order valence-electron chi connectivity index (χ0n) is 16.1. The van der Waals surface area contributed by atoms with E-state index in [9.17, 15) is 13.2 Å². The van der Waals surface area contributed by atoms with Crippen molar-refractivity contribution >= 4 is 39.1 Å². The smallest absolute Gasteiger partial charge is 0.304 e. The van der Waals surface area contributed by atoms with Crippen LogP contribution in [0.25, 0.3) is 0 Å². The zero-order valence-corrected chi connectivity index (χ0v) is 17.6. The second-order valence-electron chi connectivity index (χ2n) is 6.60. The molecule has 2 aromatic rings. The first-order chi connectivity index (χ1) is 12.5. The quantitative estimate of drug-likeness (QED) is 0.793. The van der Waals surface area contributed by atoms with E-state index in [1.165, 1.54) is 14.1 Å². The van der Waals surface area contributed by atoms with Gasteiger partial charge in [-0.25, -0.2) is 4.31 Å². The fraction of sp³-hybridized carbons (Fsp3) is 0.316. The molecule has 0 atom stereocenters. The third-order valence-corrected chi connectivity index (χ3v) is 6.33. The van der Waals surface area contributed by atoms with Crippen molar-refractivity contribution in [2.45, 2.75) is 20.8 Å². The van der Waals surface area contributed by atoms with Gasteiger partial charge in [0.05, 0.1) is 5.69 Å². The molecule has 6 nitrogen and oxygen atoms in total. The molecular formula is C19H24ClN3O3S. The Bertz CT molecular complexity index is 959. The van der Waals surface area contributed by atoms with Gasteiger partial charge >= 0.3 is 10.2 Å². The summed E-state index contributed by atoms with van der Waals surface area (Å²) in [4.78, 5) is 12.6. The van der Waals surface area contributed by atoms with Crippen molar-refractivity contribution in [2.24, 2.45) is 0 Å². The zero-order chi connectivity index (χ0) is 20.4. The minimum atomic E-state index is -3.85. The molecule has 0 fully saturated rings. The second kappa shape index (κ2) is 8.29. The van der Waals surface area contributed by atoms with Crippen LogP contribution >= 0.6 is 11.6 Å². The second-order valence-corrected chi connectivity index (χ2v) is 9.07. The highest BCUT2D eigenvalue weighted by atomic mass is 35.5. The highest BCUT2D eigenvalue weighted by molar-refractivity contribution is 7.90. The maximum absolute atomic E-state index is 12.8. The number of nitrogens with zero attached hydrogens (tertiary/aromatic N) is 2. The van der Waals surface area contributed by atoms with E-state index >= 15 is 0 Å². The lowest BCUT2D eigenvalue weighted by atomic mass is 10.1. The maximum atomic E-state index is 12.8. The van der Waals surface area contributed by atoms with Gasteiger partial charge in [0.25, 0.3) is 0 Å². The summed E-state index contributed by atoms with van der Waals surface area (Å²) in [5, 5.41) is 3.24. The van der Waals surface area contributed by atoms with Crippen molar-refractivity contribution < 1.29 is 13.2 Å². The summed E-state index contributed by atoms with van der Waals surface area (Å²) in [6.07, 6.45) is 0. The SMILES string of the molecule is Cc1ccc(C)c(N(CC(=O)Nc2ccc(C)c(Cl)c2)S(=O)(=O)N(C)C)c1. The van der Waals surface area contributed by atoms with Crippen LogP contribution in [0.5, 0.6) is 0 Å². The lowest BCUT2D eigenvalue weighted by Gasteiger charge is -2.28. The standard InChI is InChI=1S/C19H24ClN3O3S/c1-13-6-7-15(3)18(10-13)23(27(25,26)22(4)5)12-19(24)21-16-9-8-14(2)17(20)11-16/h6-11H,12H2,1-5H3,(H,21,24). The summed E-state index contributed by atoms with van der Waals surface area (Å²) >= 11 is 6.09. The summed E-state index contributed by atoms with van der Waals surface area (Å²) in [7, 11) is -0.983. The number of nitrogens with one attached hydrogen (secondary N) is 1. The van der Waals surface area contributed by atoms with Gasteiger partial charge < -0.3 is 5.32 Å². The molecule has 8 heteroatoms. The molecule has 2 rings (SSSR count). The largest absolute Gasteiger partial charge is 0.324 e. The number of hydrogen-bond acceptors (Lipinski definition) is 3. The van der Waals surface area contributed by atoms with Gasteiger partial charge in [0.1, 0.15) is 6.54 Å². The molecule has 0 aliphatic rings. The van der Waals surface area contributed by atoms with E-state index in [0.717, 1.165) is 25.3 Å². The predicted octanol–water partition coefficient (Wildman–Crippen LogP) is 3.52. The number of carbonyl (C=O) groups is 1. The number of hydrogen-bond donors (Lipinski definition) is 1. The molecule has 0 bridgehead atoms. The van der Waals surface area contributed by atoms with E-state index in [1.807, 2.05) is 32.9 Å². The number of anilines is 2. The molecular weight excluding hydrogens is 386 g/mol. The summed E-state index contributed by atoms with van der Waals surface area (Å²) in [5.74, 6) is -0.457. The van der Waals surface area contributed by atoms with Crippen molar-refractivity contribution in [2.75, 3.05) is 30.3 Å². The van der Waals surface area contributed by atoms with Crippen molar-refractivity contribution in [3.05, 3.63) is 58.1 Å². The molecule has 0 spiro atoms. The molecule has 0 aliphatic carbocycles. The topological polar surface area (TPSA) is 69.7 Å². The summed E-state index contributed by atoms with van der Waals surface area (Å²) in [5.41, 5.74) is 3.54. The molecule has 0 saturated heterocycles. The number of aryl methyl sites for hydroxylation is 3. The van der Waals surface area contributed by atoms with E-state index in [0.29, 0.717) is 16.4 Å². The minimum absolute atomic E-state index is 0.351. The van der Waals surface area contributed by atoms with Crippen molar-refractivity contribution in [1.29, 1.82) is 0 Å². The predicted molar refractivity (Wildman–Crippen MR) is 111 cm³/mol. The van der Waals surface area contributed by atoms with Crippen molar-refractivity contribution in [3.8, 4) is 0 Å². The minimum Gasteiger partial charge on any atom is -0.324 e. The van der Waals surface area contributed by atoms with Crippen LogP contribution in [-0.2, 0) is 15.0 Å². The number of carbonyl (C=O) groups excluding carboxylic acids is 1. The monoisotopic (exact) mass is 409 g/mol. The Hall–Kier alpha value is -2.09. The van der Waals surface area contributed by atoms with Crippen LogP contribution in [-0.4, -0.2) is 39.3 Å². The van der Waals surface area contributed by atoms with Gasteiger partial charge in [-0.2, -0.15) is 12.7 Å². The highest BCUT2D eigenvalue weighted by Crippen LogP contribution is 2.26. The van der Waals surface area contributed by atoms with E-state index < -0.39 is 16.1 Å². The molecule has 27 heavy (non-hydrogen) atoms. The van der Waals surface area contributed by atoms with Crippen LogP contribution in [0.15, 0.2) is 36.4 Å². The molecule has 1 amide bonds. The average Bonchev–Trinajstić information content (AvgIpc) is 2.58. The first kappa shape index (κ1) is 21.2. The molecule has 0 aliphatic heterocycles. The highest BCUT2D eigenvalue weighted by Gasteiger charge is 2.28. The maximum Gasteiger partial charge on any atom is 0.304 e. The van der Waals surface area contributed by atoms with Gasteiger partial charge in [0, 0.05) is 24.8 Å². The lowest BCUT2D eigenvalue weighted by Crippen LogP contribution is -2.44. The van der Waals surface area contributed by atoms with Crippen LogP contribution in [0, 0.1) is 20.8 Å². The van der Waals surface area contributed by atoms with Crippen LogP contribution in [0.2, 0.25) is 5.02 Å². The Kier molecular flexibility index (Phi) is 6.51. The normalized spacial score (nSPS) is 11.5.